The highest BCUT2D eigenvalue weighted by Gasteiger charge is 2.20. The van der Waals surface area contributed by atoms with Crippen LogP contribution in [0.1, 0.15) is 41.3 Å². The first kappa shape index (κ1) is 11.5. The number of hydrogen-bond donors (Lipinski definition) is 1. The molecule has 2 aromatic rings. The summed E-state index contributed by atoms with van der Waals surface area (Å²) in [6.45, 7) is 3.03. The molecule has 1 aliphatic rings. The fourth-order valence-corrected chi connectivity index (χ4v) is 2.89. The van der Waals surface area contributed by atoms with E-state index >= 15 is 0 Å². The van der Waals surface area contributed by atoms with Gasteiger partial charge in [0, 0.05) is 24.0 Å². The minimum absolute atomic E-state index is 0.257. The van der Waals surface area contributed by atoms with Crippen molar-refractivity contribution >= 4 is 0 Å². The Kier molecular flexibility index (Phi) is 2.96. The highest BCUT2D eigenvalue weighted by Crippen LogP contribution is 2.30. The van der Waals surface area contributed by atoms with E-state index in [0.29, 0.717) is 0 Å². The number of nitrogens with zero attached hydrogens (tertiary/aromatic N) is 1. The van der Waals surface area contributed by atoms with E-state index in [-0.39, 0.29) is 6.10 Å². The molecule has 0 amide bonds. The third-order valence-corrected chi connectivity index (χ3v) is 3.80. The van der Waals surface area contributed by atoms with E-state index in [0.717, 1.165) is 31.4 Å². The van der Waals surface area contributed by atoms with Crippen LogP contribution < -0.4 is 0 Å². The van der Waals surface area contributed by atoms with E-state index in [9.17, 15) is 5.11 Å². The van der Waals surface area contributed by atoms with Crippen LogP contribution in [-0.2, 0) is 13.0 Å². The summed E-state index contributed by atoms with van der Waals surface area (Å²) in [5, 5.41) is 9.97. The van der Waals surface area contributed by atoms with E-state index < -0.39 is 0 Å². The van der Waals surface area contributed by atoms with Crippen molar-refractivity contribution in [1.82, 2.24) is 4.57 Å². The molecule has 1 atom stereocenters. The number of aryl methyl sites for hydroxylation is 1. The van der Waals surface area contributed by atoms with Gasteiger partial charge in [-0.15, -0.1) is 0 Å². The van der Waals surface area contributed by atoms with Crippen molar-refractivity contribution in [2.24, 2.45) is 0 Å². The number of benzene rings is 1. The number of aromatic nitrogens is 1. The molecule has 94 valence electrons. The molecule has 1 heterocycles. The number of fused-ring (bicyclic) bond motifs is 1. The predicted octanol–water partition coefficient (Wildman–Crippen LogP) is 3.21. The molecule has 3 rings (SSSR count). The van der Waals surface area contributed by atoms with Crippen molar-refractivity contribution in [2.75, 3.05) is 0 Å². The van der Waals surface area contributed by atoms with Crippen LogP contribution in [0.25, 0.3) is 0 Å². The summed E-state index contributed by atoms with van der Waals surface area (Å²) in [6, 6.07) is 10.7. The van der Waals surface area contributed by atoms with Crippen LogP contribution in [0.15, 0.2) is 36.5 Å². The van der Waals surface area contributed by atoms with E-state index in [2.05, 4.69) is 48.0 Å². The van der Waals surface area contributed by atoms with E-state index in [4.69, 9.17) is 0 Å². The van der Waals surface area contributed by atoms with Crippen molar-refractivity contribution in [1.29, 1.82) is 0 Å². The predicted molar refractivity (Wildman–Crippen MR) is 72.6 cm³/mol. The van der Waals surface area contributed by atoms with Gasteiger partial charge in [-0.3, -0.25) is 0 Å². The van der Waals surface area contributed by atoms with Gasteiger partial charge in [0.05, 0.1) is 6.10 Å². The second-order valence-electron chi connectivity index (χ2n) is 5.24. The summed E-state index contributed by atoms with van der Waals surface area (Å²) in [4.78, 5) is 0. The maximum absolute atomic E-state index is 9.97. The molecule has 1 aromatic carbocycles. The van der Waals surface area contributed by atoms with Gasteiger partial charge in [-0.1, -0.05) is 29.8 Å². The number of rotatable bonds is 2. The molecule has 2 nitrogen and oxygen atoms in total. The summed E-state index contributed by atoms with van der Waals surface area (Å²) in [5.74, 6) is 0. The summed E-state index contributed by atoms with van der Waals surface area (Å²) < 4.78 is 2.28. The zero-order valence-corrected chi connectivity index (χ0v) is 10.8. The van der Waals surface area contributed by atoms with Gasteiger partial charge in [0.2, 0.25) is 0 Å². The minimum Gasteiger partial charge on any atom is -0.388 e. The molecular formula is C16H19NO. The lowest BCUT2D eigenvalue weighted by Crippen LogP contribution is -2.12. The normalized spacial score (nSPS) is 18.7. The Balaban J connectivity index is 1.90. The van der Waals surface area contributed by atoms with Gasteiger partial charge >= 0.3 is 0 Å². The molecule has 0 radical (unpaired) electrons. The van der Waals surface area contributed by atoms with Crippen LogP contribution in [0, 0.1) is 6.92 Å². The first-order chi connectivity index (χ1) is 8.74. The number of hydrogen-bond acceptors (Lipinski definition) is 1. The van der Waals surface area contributed by atoms with Crippen LogP contribution in [0.3, 0.4) is 0 Å². The maximum Gasteiger partial charge on any atom is 0.0807 e. The molecule has 18 heavy (non-hydrogen) atoms. The van der Waals surface area contributed by atoms with E-state index in [1.807, 2.05) is 0 Å². The average molecular weight is 241 g/mol. The largest absolute Gasteiger partial charge is 0.388 e. The average Bonchev–Trinajstić information content (AvgIpc) is 2.74. The van der Waals surface area contributed by atoms with Gasteiger partial charge in [-0.05, 0) is 37.8 Å². The van der Waals surface area contributed by atoms with Crippen molar-refractivity contribution in [3.8, 4) is 0 Å². The molecule has 0 saturated carbocycles. The lowest BCUT2D eigenvalue weighted by atomic mass is 9.95. The lowest BCUT2D eigenvalue weighted by molar-refractivity contribution is 0.156. The second-order valence-corrected chi connectivity index (χ2v) is 5.24. The molecule has 2 heteroatoms. The fraction of sp³-hybridized carbons (Fsp3) is 0.375. The van der Waals surface area contributed by atoms with Gasteiger partial charge in [0.25, 0.3) is 0 Å². The van der Waals surface area contributed by atoms with Crippen LogP contribution in [-0.4, -0.2) is 9.67 Å². The molecule has 0 saturated heterocycles. The quantitative estimate of drug-likeness (QED) is 0.858. The van der Waals surface area contributed by atoms with E-state index in [1.165, 1.54) is 16.8 Å². The maximum atomic E-state index is 9.97. The van der Waals surface area contributed by atoms with Crippen LogP contribution >= 0.6 is 0 Å². The van der Waals surface area contributed by atoms with E-state index in [1.54, 1.807) is 0 Å². The summed E-state index contributed by atoms with van der Waals surface area (Å²) in [7, 11) is 0. The van der Waals surface area contributed by atoms with Gasteiger partial charge < -0.3 is 9.67 Å². The van der Waals surface area contributed by atoms with Gasteiger partial charge in [-0.25, -0.2) is 0 Å². The topological polar surface area (TPSA) is 25.2 Å². The zero-order chi connectivity index (χ0) is 12.5. The molecule has 1 unspecified atom stereocenters. The summed E-state index contributed by atoms with van der Waals surface area (Å²) in [6.07, 6.45) is 4.94. The highest BCUT2D eigenvalue weighted by atomic mass is 16.3. The molecule has 0 aliphatic heterocycles. The molecule has 1 aliphatic carbocycles. The van der Waals surface area contributed by atoms with Gasteiger partial charge in [0.15, 0.2) is 0 Å². The zero-order valence-electron chi connectivity index (χ0n) is 10.8. The molecule has 0 fully saturated rings. The Hall–Kier alpha value is -1.54. The summed E-state index contributed by atoms with van der Waals surface area (Å²) >= 11 is 0. The fourth-order valence-electron chi connectivity index (χ4n) is 2.89. The monoisotopic (exact) mass is 241 g/mol. The molecule has 0 bridgehead atoms. The smallest absolute Gasteiger partial charge is 0.0807 e. The highest BCUT2D eigenvalue weighted by molar-refractivity contribution is 5.29. The van der Waals surface area contributed by atoms with Crippen LogP contribution in [0.5, 0.6) is 0 Å². The Bertz CT molecular complexity index is 556. The number of aliphatic hydroxyl groups excluding tert-OH is 1. The van der Waals surface area contributed by atoms with Crippen molar-refractivity contribution in [2.45, 2.75) is 38.8 Å². The molecular weight excluding hydrogens is 222 g/mol. The molecule has 1 N–H and O–H groups in total. The Morgan fingerprint density at radius 2 is 2.22 bits per heavy atom. The van der Waals surface area contributed by atoms with Crippen LogP contribution in [0.2, 0.25) is 0 Å². The van der Waals surface area contributed by atoms with Gasteiger partial charge in [0.1, 0.15) is 0 Å². The second kappa shape index (κ2) is 4.62. The number of aliphatic hydroxyl groups is 1. The van der Waals surface area contributed by atoms with Crippen molar-refractivity contribution in [3.05, 3.63) is 58.9 Å². The SMILES string of the molecule is Cc1cccc(Cn2ccc3c2CCCC3O)c1. The first-order valence-electron chi connectivity index (χ1n) is 6.65. The minimum atomic E-state index is -0.257. The lowest BCUT2D eigenvalue weighted by Gasteiger charge is -2.20. The van der Waals surface area contributed by atoms with Crippen molar-refractivity contribution < 1.29 is 5.11 Å². The standard InChI is InChI=1S/C16H19NO/c1-12-4-2-5-13(10-12)11-17-9-8-14-15(17)6-3-7-16(14)18/h2,4-5,8-10,16,18H,3,6-7,11H2,1H3. The van der Waals surface area contributed by atoms with Crippen molar-refractivity contribution in [3.63, 3.8) is 0 Å². The van der Waals surface area contributed by atoms with Gasteiger partial charge in [-0.2, -0.15) is 0 Å². The summed E-state index contributed by atoms with van der Waals surface area (Å²) in [5.41, 5.74) is 5.08. The first-order valence-corrected chi connectivity index (χ1v) is 6.65. The Morgan fingerprint density at radius 3 is 3.06 bits per heavy atom. The third kappa shape index (κ3) is 2.08. The third-order valence-electron chi connectivity index (χ3n) is 3.80. The Labute approximate surface area is 108 Å². The van der Waals surface area contributed by atoms with Crippen LogP contribution in [0.4, 0.5) is 0 Å². The molecule has 0 spiro atoms. The molecule has 1 aromatic heterocycles. The Morgan fingerprint density at radius 1 is 1.33 bits per heavy atom.